The molecule has 0 fully saturated rings. The monoisotopic (exact) mass is 472 g/mol. The van der Waals surface area contributed by atoms with E-state index in [-0.39, 0.29) is 11.4 Å². The fourth-order valence-corrected chi connectivity index (χ4v) is 3.39. The predicted octanol–water partition coefficient (Wildman–Crippen LogP) is 1.40. The lowest BCUT2D eigenvalue weighted by molar-refractivity contribution is -0.384. The molecule has 0 saturated heterocycles. The van der Waals surface area contributed by atoms with Crippen LogP contribution in [-0.4, -0.2) is 52.5 Å². The van der Waals surface area contributed by atoms with Crippen LogP contribution in [0.4, 0.5) is 25.8 Å². The van der Waals surface area contributed by atoms with Gasteiger partial charge in [0.15, 0.2) is 18.2 Å². The Morgan fingerprint density at radius 1 is 1.12 bits per heavy atom. The molecular formula is C18H18F2N4O7S. The number of amides is 1. The van der Waals surface area contributed by atoms with E-state index in [1.807, 2.05) is 4.72 Å². The molecule has 32 heavy (non-hydrogen) atoms. The molecule has 0 aliphatic rings. The molecule has 0 radical (unpaired) electrons. The number of carbonyl (C=O) groups is 2. The van der Waals surface area contributed by atoms with Gasteiger partial charge in [-0.15, -0.1) is 0 Å². The average Bonchev–Trinajstić information content (AvgIpc) is 2.73. The second kappa shape index (κ2) is 10.1. The van der Waals surface area contributed by atoms with Gasteiger partial charge in [0.2, 0.25) is 10.0 Å². The third kappa shape index (κ3) is 6.42. The summed E-state index contributed by atoms with van der Waals surface area (Å²) >= 11 is 0. The average molecular weight is 472 g/mol. The van der Waals surface area contributed by atoms with E-state index in [0.29, 0.717) is 0 Å². The number of sulfonamides is 1. The SMILES string of the molecule is CN(C)c1ccc(S(=O)(=O)NCC(=O)OCC(=O)Nc2ccc(F)c(F)c2)cc1[N+](=O)[O-]. The van der Waals surface area contributed by atoms with E-state index in [4.69, 9.17) is 0 Å². The van der Waals surface area contributed by atoms with E-state index in [9.17, 15) is 36.9 Å². The first-order valence-corrected chi connectivity index (χ1v) is 10.2. The molecule has 0 unspecified atom stereocenters. The van der Waals surface area contributed by atoms with Crippen LogP contribution in [-0.2, 0) is 24.3 Å². The van der Waals surface area contributed by atoms with E-state index in [1.54, 1.807) is 14.1 Å². The molecular weight excluding hydrogens is 454 g/mol. The summed E-state index contributed by atoms with van der Waals surface area (Å²) in [6, 6.07) is 5.83. The van der Waals surface area contributed by atoms with Crippen LogP contribution < -0.4 is 14.9 Å². The largest absolute Gasteiger partial charge is 0.455 e. The highest BCUT2D eigenvalue weighted by Crippen LogP contribution is 2.29. The van der Waals surface area contributed by atoms with Gasteiger partial charge in [-0.2, -0.15) is 4.72 Å². The second-order valence-electron chi connectivity index (χ2n) is 6.46. The summed E-state index contributed by atoms with van der Waals surface area (Å²) in [4.78, 5) is 34.9. The van der Waals surface area contributed by atoms with Gasteiger partial charge in [-0.25, -0.2) is 17.2 Å². The van der Waals surface area contributed by atoms with Crippen molar-refractivity contribution >= 4 is 39.0 Å². The molecule has 0 aliphatic heterocycles. The molecule has 1 amide bonds. The maximum atomic E-state index is 13.1. The van der Waals surface area contributed by atoms with Crippen LogP contribution in [0.5, 0.6) is 0 Å². The number of carbonyl (C=O) groups excluding carboxylic acids is 2. The van der Waals surface area contributed by atoms with Crippen molar-refractivity contribution in [2.75, 3.05) is 37.5 Å². The molecule has 0 aromatic heterocycles. The molecule has 0 saturated carbocycles. The Kier molecular flexibility index (Phi) is 7.77. The highest BCUT2D eigenvalue weighted by atomic mass is 32.2. The first kappa shape index (κ1) is 24.6. The van der Waals surface area contributed by atoms with Gasteiger partial charge in [0.1, 0.15) is 12.2 Å². The molecule has 0 bridgehead atoms. The number of hydrogen-bond donors (Lipinski definition) is 2. The number of halogens is 2. The molecule has 2 aromatic rings. The van der Waals surface area contributed by atoms with Gasteiger partial charge in [0, 0.05) is 31.9 Å². The minimum Gasteiger partial charge on any atom is -0.455 e. The molecule has 172 valence electrons. The summed E-state index contributed by atoms with van der Waals surface area (Å²) in [6.45, 7) is -1.67. The molecule has 11 nitrogen and oxygen atoms in total. The molecule has 0 atom stereocenters. The van der Waals surface area contributed by atoms with E-state index in [0.717, 1.165) is 30.3 Å². The third-order valence-corrected chi connectivity index (χ3v) is 5.31. The van der Waals surface area contributed by atoms with Crippen LogP contribution in [0.25, 0.3) is 0 Å². The summed E-state index contributed by atoms with van der Waals surface area (Å²) in [5.74, 6) is -4.29. The fourth-order valence-electron chi connectivity index (χ4n) is 2.40. The van der Waals surface area contributed by atoms with Gasteiger partial charge in [0.05, 0.1) is 9.82 Å². The molecule has 2 N–H and O–H groups in total. The summed E-state index contributed by atoms with van der Waals surface area (Å²) in [7, 11) is -1.20. The second-order valence-corrected chi connectivity index (χ2v) is 8.23. The molecule has 0 aliphatic carbocycles. The third-order valence-electron chi connectivity index (χ3n) is 3.91. The maximum absolute atomic E-state index is 13.1. The van der Waals surface area contributed by atoms with Crippen LogP contribution in [0, 0.1) is 21.7 Å². The predicted molar refractivity (Wildman–Crippen MR) is 109 cm³/mol. The van der Waals surface area contributed by atoms with Crippen molar-refractivity contribution in [3.05, 3.63) is 58.1 Å². The quantitative estimate of drug-likeness (QED) is 0.316. The number of esters is 1. The lowest BCUT2D eigenvalue weighted by Gasteiger charge is -2.13. The van der Waals surface area contributed by atoms with Crippen LogP contribution in [0.15, 0.2) is 41.3 Å². The van der Waals surface area contributed by atoms with Crippen molar-refractivity contribution < 1.29 is 36.4 Å². The zero-order chi connectivity index (χ0) is 24.1. The topological polar surface area (TPSA) is 148 Å². The van der Waals surface area contributed by atoms with Gasteiger partial charge in [0.25, 0.3) is 11.6 Å². The molecule has 0 spiro atoms. The normalized spacial score (nSPS) is 11.0. The van der Waals surface area contributed by atoms with E-state index in [2.05, 4.69) is 10.1 Å². The Hall–Kier alpha value is -3.65. The zero-order valence-corrected chi connectivity index (χ0v) is 17.6. The van der Waals surface area contributed by atoms with Crippen molar-refractivity contribution in [1.82, 2.24) is 4.72 Å². The summed E-state index contributed by atoms with van der Waals surface area (Å²) in [6.07, 6.45) is 0. The van der Waals surface area contributed by atoms with Crippen molar-refractivity contribution in [3.63, 3.8) is 0 Å². The molecule has 2 aromatic carbocycles. The van der Waals surface area contributed by atoms with E-state index < -0.39 is 62.2 Å². The Balaban J connectivity index is 1.94. The van der Waals surface area contributed by atoms with Gasteiger partial charge in [-0.05, 0) is 24.3 Å². The minimum atomic E-state index is -4.30. The first-order chi connectivity index (χ1) is 14.9. The number of rotatable bonds is 9. The van der Waals surface area contributed by atoms with E-state index >= 15 is 0 Å². The Labute approximate surface area is 181 Å². The number of nitro groups is 1. The smallest absolute Gasteiger partial charge is 0.321 e. The van der Waals surface area contributed by atoms with Gasteiger partial charge < -0.3 is 15.0 Å². The number of hydrogen-bond acceptors (Lipinski definition) is 8. The number of ether oxygens (including phenoxy) is 1. The van der Waals surface area contributed by atoms with Crippen molar-refractivity contribution in [2.24, 2.45) is 0 Å². The lowest BCUT2D eigenvalue weighted by atomic mass is 10.2. The van der Waals surface area contributed by atoms with Crippen LogP contribution in [0.3, 0.4) is 0 Å². The number of nitrogens with zero attached hydrogens (tertiary/aromatic N) is 2. The van der Waals surface area contributed by atoms with Crippen molar-refractivity contribution in [3.8, 4) is 0 Å². The highest BCUT2D eigenvalue weighted by Gasteiger charge is 2.23. The Bertz CT molecular complexity index is 1160. The van der Waals surface area contributed by atoms with Crippen molar-refractivity contribution in [1.29, 1.82) is 0 Å². The van der Waals surface area contributed by atoms with Gasteiger partial charge in [-0.1, -0.05) is 0 Å². The molecule has 0 heterocycles. The Morgan fingerprint density at radius 3 is 2.41 bits per heavy atom. The van der Waals surface area contributed by atoms with Crippen LogP contribution >= 0.6 is 0 Å². The number of benzene rings is 2. The van der Waals surface area contributed by atoms with Gasteiger partial charge in [-0.3, -0.25) is 19.7 Å². The first-order valence-electron chi connectivity index (χ1n) is 8.76. The van der Waals surface area contributed by atoms with Crippen LogP contribution in [0.2, 0.25) is 0 Å². The molecule has 2 rings (SSSR count). The zero-order valence-electron chi connectivity index (χ0n) is 16.8. The number of nitro benzene ring substituents is 1. The molecule has 14 heteroatoms. The van der Waals surface area contributed by atoms with Crippen LogP contribution in [0.1, 0.15) is 0 Å². The standard InChI is InChI=1S/C18H18F2N4O7S/c1-23(2)15-6-4-12(8-16(15)24(27)28)32(29,30)21-9-18(26)31-10-17(25)22-11-3-5-13(19)14(20)7-11/h3-8,21H,9-10H2,1-2H3,(H,22,25). The summed E-state index contributed by atoms with van der Waals surface area (Å²) in [5, 5.41) is 13.4. The van der Waals surface area contributed by atoms with Crippen molar-refractivity contribution in [2.45, 2.75) is 4.90 Å². The van der Waals surface area contributed by atoms with Gasteiger partial charge >= 0.3 is 5.97 Å². The number of anilines is 2. The summed E-state index contributed by atoms with van der Waals surface area (Å²) in [5.41, 5.74) is -0.344. The fraction of sp³-hybridized carbons (Fsp3) is 0.222. The minimum absolute atomic E-state index is 0.0755. The lowest BCUT2D eigenvalue weighted by Crippen LogP contribution is -2.32. The Morgan fingerprint density at radius 2 is 1.81 bits per heavy atom. The van der Waals surface area contributed by atoms with E-state index in [1.165, 1.54) is 11.0 Å². The summed E-state index contributed by atoms with van der Waals surface area (Å²) < 4.78 is 57.2. The number of nitrogens with one attached hydrogen (secondary N) is 2. The maximum Gasteiger partial charge on any atom is 0.321 e. The highest BCUT2D eigenvalue weighted by molar-refractivity contribution is 7.89.